The van der Waals surface area contributed by atoms with E-state index in [1.807, 2.05) is 18.2 Å². The molecule has 3 atom stereocenters. The van der Waals surface area contributed by atoms with Crippen LogP contribution in [0.5, 0.6) is 0 Å². The largest absolute Gasteiger partial charge is 0.378 e. The van der Waals surface area contributed by atoms with E-state index in [1.54, 1.807) is 0 Å². The van der Waals surface area contributed by atoms with Crippen LogP contribution in [-0.2, 0) is 4.74 Å². The van der Waals surface area contributed by atoms with Crippen LogP contribution in [0.3, 0.4) is 0 Å². The van der Waals surface area contributed by atoms with Gasteiger partial charge in [-0.3, -0.25) is 0 Å². The second kappa shape index (κ2) is 5.85. The Morgan fingerprint density at radius 2 is 2.29 bits per heavy atom. The summed E-state index contributed by atoms with van der Waals surface area (Å²) in [7, 11) is 0. The Labute approximate surface area is 108 Å². The van der Waals surface area contributed by atoms with Gasteiger partial charge in [-0.15, -0.1) is 0 Å². The minimum Gasteiger partial charge on any atom is -0.378 e. The Kier molecular flexibility index (Phi) is 4.43. The highest BCUT2D eigenvalue weighted by Gasteiger charge is 2.20. The second-order valence-electron chi connectivity index (χ2n) is 4.85. The maximum absolute atomic E-state index is 6.01. The van der Waals surface area contributed by atoms with Crippen LogP contribution < -0.4 is 5.32 Å². The molecule has 0 saturated carbocycles. The van der Waals surface area contributed by atoms with Crippen LogP contribution in [0.4, 0.5) is 0 Å². The zero-order chi connectivity index (χ0) is 12.3. The maximum Gasteiger partial charge on any atom is 0.0561 e. The highest BCUT2D eigenvalue weighted by atomic mass is 35.5. The Morgan fingerprint density at radius 3 is 3.00 bits per heavy atom. The van der Waals surface area contributed by atoms with Crippen molar-refractivity contribution in [2.24, 2.45) is 0 Å². The number of hydrogen-bond donors (Lipinski definition) is 1. The molecule has 1 heterocycles. The zero-order valence-corrected chi connectivity index (χ0v) is 11.2. The van der Waals surface area contributed by atoms with Gasteiger partial charge in [0.05, 0.1) is 6.10 Å². The molecule has 0 spiro atoms. The van der Waals surface area contributed by atoms with Crippen molar-refractivity contribution in [2.75, 3.05) is 6.61 Å². The lowest BCUT2D eigenvalue weighted by atomic mass is 10.0. The lowest BCUT2D eigenvalue weighted by Crippen LogP contribution is -2.39. The molecule has 1 aromatic carbocycles. The van der Waals surface area contributed by atoms with E-state index in [-0.39, 0.29) is 0 Å². The van der Waals surface area contributed by atoms with Gasteiger partial charge in [-0.1, -0.05) is 23.7 Å². The minimum atomic E-state index is 0.337. The molecule has 1 aromatic rings. The fraction of sp³-hybridized carbons (Fsp3) is 0.571. The van der Waals surface area contributed by atoms with Crippen molar-refractivity contribution >= 4 is 11.6 Å². The quantitative estimate of drug-likeness (QED) is 0.890. The average molecular weight is 254 g/mol. The van der Waals surface area contributed by atoms with Crippen molar-refractivity contribution in [2.45, 2.75) is 44.9 Å². The molecule has 1 fully saturated rings. The van der Waals surface area contributed by atoms with Crippen LogP contribution >= 0.6 is 11.6 Å². The first-order valence-corrected chi connectivity index (χ1v) is 6.66. The molecule has 1 aliphatic rings. The molecule has 0 radical (unpaired) electrons. The summed E-state index contributed by atoms with van der Waals surface area (Å²) in [6, 6.07) is 8.95. The maximum atomic E-state index is 6.01. The fourth-order valence-electron chi connectivity index (χ4n) is 2.38. The third-order valence-electron chi connectivity index (χ3n) is 3.32. The van der Waals surface area contributed by atoms with Gasteiger partial charge >= 0.3 is 0 Å². The van der Waals surface area contributed by atoms with Crippen molar-refractivity contribution in [3.8, 4) is 0 Å². The minimum absolute atomic E-state index is 0.337. The standard InChI is InChI=1S/C14H20ClNO/c1-10-8-14(6-7-17-10)16-11(2)12-4-3-5-13(15)9-12/h3-5,9-11,14,16H,6-8H2,1-2H3/t10?,11-,14?/m0/s1. The third kappa shape index (κ3) is 3.70. The van der Waals surface area contributed by atoms with Gasteiger partial charge < -0.3 is 10.1 Å². The molecule has 2 unspecified atom stereocenters. The summed E-state index contributed by atoms with van der Waals surface area (Å²) in [4.78, 5) is 0. The topological polar surface area (TPSA) is 21.3 Å². The molecule has 0 aliphatic carbocycles. The molecule has 1 saturated heterocycles. The number of nitrogens with one attached hydrogen (secondary N) is 1. The van der Waals surface area contributed by atoms with Gasteiger partial charge in [-0.2, -0.15) is 0 Å². The highest BCUT2D eigenvalue weighted by Crippen LogP contribution is 2.21. The Balaban J connectivity index is 1.94. The molecule has 3 heteroatoms. The molecule has 1 N–H and O–H groups in total. The highest BCUT2D eigenvalue weighted by molar-refractivity contribution is 6.30. The zero-order valence-electron chi connectivity index (χ0n) is 10.4. The fourth-order valence-corrected chi connectivity index (χ4v) is 2.57. The van der Waals surface area contributed by atoms with Gasteiger partial charge in [0.15, 0.2) is 0 Å². The van der Waals surface area contributed by atoms with Gasteiger partial charge in [0.1, 0.15) is 0 Å². The Hall–Kier alpha value is -0.570. The molecule has 94 valence electrons. The van der Waals surface area contributed by atoms with Gasteiger partial charge in [0.2, 0.25) is 0 Å². The number of ether oxygens (including phenoxy) is 1. The first-order valence-electron chi connectivity index (χ1n) is 6.28. The average Bonchev–Trinajstić information content (AvgIpc) is 2.29. The predicted octanol–water partition coefficient (Wildman–Crippen LogP) is 3.56. The lowest BCUT2D eigenvalue weighted by Gasteiger charge is -2.30. The first-order chi connectivity index (χ1) is 8.15. The van der Waals surface area contributed by atoms with Crippen LogP contribution in [0.15, 0.2) is 24.3 Å². The van der Waals surface area contributed by atoms with Gasteiger partial charge in [0.25, 0.3) is 0 Å². The van der Waals surface area contributed by atoms with Crippen molar-refractivity contribution in [3.63, 3.8) is 0 Å². The monoisotopic (exact) mass is 253 g/mol. The summed E-state index contributed by atoms with van der Waals surface area (Å²) in [6.07, 6.45) is 2.55. The van der Waals surface area contributed by atoms with E-state index in [4.69, 9.17) is 16.3 Å². The summed E-state index contributed by atoms with van der Waals surface area (Å²) >= 11 is 6.01. The van der Waals surface area contributed by atoms with E-state index in [1.165, 1.54) is 5.56 Å². The number of rotatable bonds is 3. The van der Waals surface area contributed by atoms with E-state index >= 15 is 0 Å². The van der Waals surface area contributed by atoms with Crippen LogP contribution in [0.2, 0.25) is 5.02 Å². The van der Waals surface area contributed by atoms with Crippen molar-refractivity contribution in [3.05, 3.63) is 34.9 Å². The summed E-state index contributed by atoms with van der Waals surface area (Å²) in [5.74, 6) is 0. The van der Waals surface area contributed by atoms with Crippen LogP contribution in [0.25, 0.3) is 0 Å². The van der Waals surface area contributed by atoms with Crippen LogP contribution in [0, 0.1) is 0 Å². The molecule has 0 aromatic heterocycles. The number of halogens is 1. The third-order valence-corrected chi connectivity index (χ3v) is 3.55. The van der Waals surface area contributed by atoms with E-state index in [0.29, 0.717) is 18.2 Å². The van der Waals surface area contributed by atoms with Crippen LogP contribution in [0.1, 0.15) is 38.3 Å². The summed E-state index contributed by atoms with van der Waals surface area (Å²) < 4.78 is 5.55. The molecular formula is C14H20ClNO. The summed E-state index contributed by atoms with van der Waals surface area (Å²) in [6.45, 7) is 5.19. The smallest absolute Gasteiger partial charge is 0.0561 e. The first kappa shape index (κ1) is 12.9. The molecule has 2 nitrogen and oxygen atoms in total. The SMILES string of the molecule is CC1CC(N[C@@H](C)c2cccc(Cl)c2)CCO1. The predicted molar refractivity (Wildman–Crippen MR) is 71.4 cm³/mol. The van der Waals surface area contributed by atoms with Gasteiger partial charge in [0, 0.05) is 23.7 Å². The van der Waals surface area contributed by atoms with Crippen molar-refractivity contribution in [1.29, 1.82) is 0 Å². The Bertz CT molecular complexity index is 369. The summed E-state index contributed by atoms with van der Waals surface area (Å²) in [5, 5.41) is 4.46. The molecule has 0 amide bonds. The Morgan fingerprint density at radius 1 is 1.47 bits per heavy atom. The summed E-state index contributed by atoms with van der Waals surface area (Å²) in [5.41, 5.74) is 1.25. The molecular weight excluding hydrogens is 234 g/mol. The lowest BCUT2D eigenvalue weighted by molar-refractivity contribution is 0.0116. The number of benzene rings is 1. The normalized spacial score (nSPS) is 26.8. The van der Waals surface area contributed by atoms with Crippen molar-refractivity contribution < 1.29 is 4.74 Å². The molecule has 1 aliphatic heterocycles. The van der Waals surface area contributed by atoms with E-state index in [0.717, 1.165) is 24.5 Å². The molecule has 0 bridgehead atoms. The van der Waals surface area contributed by atoms with Crippen molar-refractivity contribution in [1.82, 2.24) is 5.32 Å². The van der Waals surface area contributed by atoms with E-state index in [9.17, 15) is 0 Å². The van der Waals surface area contributed by atoms with E-state index < -0.39 is 0 Å². The van der Waals surface area contributed by atoms with Gasteiger partial charge in [-0.25, -0.2) is 0 Å². The molecule has 2 rings (SSSR count). The van der Waals surface area contributed by atoms with Gasteiger partial charge in [-0.05, 0) is 44.4 Å². The molecule has 17 heavy (non-hydrogen) atoms. The van der Waals surface area contributed by atoms with Crippen LogP contribution in [-0.4, -0.2) is 18.8 Å². The number of hydrogen-bond acceptors (Lipinski definition) is 2. The van der Waals surface area contributed by atoms with E-state index in [2.05, 4.69) is 25.2 Å². The second-order valence-corrected chi connectivity index (χ2v) is 5.28.